The number of aliphatic hydroxyl groups excluding tert-OH is 2. The lowest BCUT2D eigenvalue weighted by molar-refractivity contribution is 0.0366. The summed E-state index contributed by atoms with van der Waals surface area (Å²) < 4.78 is 0. The lowest BCUT2D eigenvalue weighted by Gasteiger charge is -2.30. The Bertz CT molecular complexity index is 360. The normalized spacial score (nSPS) is 11.3. The van der Waals surface area contributed by atoms with Crippen LogP contribution in [0.5, 0.6) is 0 Å². The minimum atomic E-state index is -0.667. The van der Waals surface area contributed by atoms with Crippen molar-refractivity contribution < 1.29 is 15.0 Å². The van der Waals surface area contributed by atoms with Gasteiger partial charge >= 0.3 is 0 Å². The molecule has 4 heteroatoms. The molecule has 0 aliphatic heterocycles. The van der Waals surface area contributed by atoms with E-state index in [-0.39, 0.29) is 19.1 Å². The zero-order valence-corrected chi connectivity index (χ0v) is 10.3. The van der Waals surface area contributed by atoms with E-state index in [9.17, 15) is 15.0 Å². The van der Waals surface area contributed by atoms with Crippen LogP contribution in [0.3, 0.4) is 0 Å². The minimum absolute atomic E-state index is 0.112. The third-order valence-electron chi connectivity index (χ3n) is 2.75. The van der Waals surface area contributed by atoms with E-state index in [1.54, 1.807) is 38.2 Å². The number of carbonyl (C=O) groups is 1. The van der Waals surface area contributed by atoms with Crippen molar-refractivity contribution in [3.8, 4) is 0 Å². The lowest BCUT2D eigenvalue weighted by atomic mass is 9.92. The van der Waals surface area contributed by atoms with E-state index in [4.69, 9.17) is 0 Å². The maximum Gasteiger partial charge on any atom is 0.253 e. The van der Waals surface area contributed by atoms with Gasteiger partial charge in [0.15, 0.2) is 0 Å². The van der Waals surface area contributed by atoms with Gasteiger partial charge in [-0.2, -0.15) is 0 Å². The zero-order valence-electron chi connectivity index (χ0n) is 10.3. The van der Waals surface area contributed by atoms with E-state index < -0.39 is 5.41 Å². The number of rotatable bonds is 5. The van der Waals surface area contributed by atoms with Crippen molar-refractivity contribution in [2.45, 2.75) is 6.92 Å². The molecule has 0 unspecified atom stereocenters. The molecule has 0 aromatic heterocycles. The van der Waals surface area contributed by atoms with Crippen molar-refractivity contribution in [2.75, 3.05) is 26.8 Å². The first-order valence-corrected chi connectivity index (χ1v) is 5.54. The van der Waals surface area contributed by atoms with E-state index in [2.05, 4.69) is 0 Å². The molecule has 1 amide bonds. The number of carbonyl (C=O) groups excluding carboxylic acids is 1. The Morgan fingerprint density at radius 1 is 1.24 bits per heavy atom. The number of amides is 1. The van der Waals surface area contributed by atoms with Gasteiger partial charge in [0.25, 0.3) is 5.91 Å². The van der Waals surface area contributed by atoms with Gasteiger partial charge in [0.1, 0.15) is 0 Å². The molecule has 0 radical (unpaired) electrons. The van der Waals surface area contributed by atoms with Crippen molar-refractivity contribution >= 4 is 5.91 Å². The molecule has 17 heavy (non-hydrogen) atoms. The highest BCUT2D eigenvalue weighted by molar-refractivity contribution is 5.94. The van der Waals surface area contributed by atoms with Crippen LogP contribution in [0.25, 0.3) is 0 Å². The smallest absolute Gasteiger partial charge is 0.253 e. The lowest BCUT2D eigenvalue weighted by Crippen LogP contribution is -2.41. The summed E-state index contributed by atoms with van der Waals surface area (Å²) in [5.41, 5.74) is -0.0626. The molecule has 94 valence electrons. The molecule has 0 fully saturated rings. The van der Waals surface area contributed by atoms with Gasteiger partial charge in [-0.05, 0) is 12.1 Å². The second kappa shape index (κ2) is 5.80. The summed E-state index contributed by atoms with van der Waals surface area (Å²) in [7, 11) is 1.67. The highest BCUT2D eigenvalue weighted by Crippen LogP contribution is 2.16. The fraction of sp³-hybridized carbons (Fsp3) is 0.462. The summed E-state index contributed by atoms with van der Waals surface area (Å²) in [4.78, 5) is 13.5. The Labute approximate surface area is 101 Å². The molecular weight excluding hydrogens is 218 g/mol. The maximum atomic E-state index is 12.0. The Balaban J connectivity index is 2.71. The second-order valence-electron chi connectivity index (χ2n) is 4.65. The zero-order chi connectivity index (χ0) is 12.9. The Morgan fingerprint density at radius 2 is 1.76 bits per heavy atom. The molecule has 0 atom stereocenters. The molecule has 4 nitrogen and oxygen atoms in total. The van der Waals surface area contributed by atoms with Crippen molar-refractivity contribution in [3.05, 3.63) is 35.9 Å². The number of hydrogen-bond acceptors (Lipinski definition) is 3. The summed E-state index contributed by atoms with van der Waals surface area (Å²) in [5, 5.41) is 18.4. The molecule has 1 aromatic carbocycles. The molecule has 0 bridgehead atoms. The first-order chi connectivity index (χ1) is 8.02. The Hall–Kier alpha value is -1.39. The molecule has 0 heterocycles. The highest BCUT2D eigenvalue weighted by atomic mass is 16.3. The van der Waals surface area contributed by atoms with E-state index >= 15 is 0 Å². The first kappa shape index (κ1) is 13.7. The summed E-state index contributed by atoms with van der Waals surface area (Å²) in [6.07, 6.45) is 0. The fourth-order valence-electron chi connectivity index (χ4n) is 1.60. The van der Waals surface area contributed by atoms with E-state index in [1.807, 2.05) is 6.07 Å². The molecule has 2 N–H and O–H groups in total. The quantitative estimate of drug-likeness (QED) is 0.794. The molecule has 0 spiro atoms. The third kappa shape index (κ3) is 3.54. The summed E-state index contributed by atoms with van der Waals surface area (Å²) in [6, 6.07) is 8.95. The topological polar surface area (TPSA) is 60.8 Å². The van der Waals surface area contributed by atoms with Crippen molar-refractivity contribution in [3.63, 3.8) is 0 Å². The second-order valence-corrected chi connectivity index (χ2v) is 4.65. The molecule has 0 saturated carbocycles. The van der Waals surface area contributed by atoms with Crippen molar-refractivity contribution in [2.24, 2.45) is 5.41 Å². The van der Waals surface area contributed by atoms with Crippen LogP contribution in [0.4, 0.5) is 0 Å². The average Bonchev–Trinajstić information content (AvgIpc) is 2.38. The van der Waals surface area contributed by atoms with Gasteiger partial charge in [-0.1, -0.05) is 25.1 Å². The predicted molar refractivity (Wildman–Crippen MR) is 65.7 cm³/mol. The highest BCUT2D eigenvalue weighted by Gasteiger charge is 2.26. The molecule has 0 saturated heterocycles. The first-order valence-electron chi connectivity index (χ1n) is 5.54. The maximum absolute atomic E-state index is 12.0. The standard InChI is InChI=1S/C13H19NO3/c1-13(9-15,10-16)8-14(2)12(17)11-6-4-3-5-7-11/h3-7,15-16H,8-10H2,1-2H3. The van der Waals surface area contributed by atoms with Gasteiger partial charge in [-0.15, -0.1) is 0 Å². The van der Waals surface area contributed by atoms with E-state index in [0.717, 1.165) is 0 Å². The number of hydrogen-bond donors (Lipinski definition) is 2. The van der Waals surface area contributed by atoms with Crippen LogP contribution in [-0.2, 0) is 0 Å². The van der Waals surface area contributed by atoms with E-state index in [0.29, 0.717) is 12.1 Å². The fourth-order valence-corrected chi connectivity index (χ4v) is 1.60. The monoisotopic (exact) mass is 237 g/mol. The Morgan fingerprint density at radius 3 is 2.24 bits per heavy atom. The van der Waals surface area contributed by atoms with Crippen LogP contribution < -0.4 is 0 Å². The van der Waals surface area contributed by atoms with Gasteiger partial charge in [0.2, 0.25) is 0 Å². The molecule has 0 aliphatic rings. The van der Waals surface area contributed by atoms with Crippen LogP contribution in [-0.4, -0.2) is 47.8 Å². The number of benzene rings is 1. The molecule has 1 rings (SSSR count). The number of aliphatic hydroxyl groups is 2. The van der Waals surface area contributed by atoms with E-state index in [1.165, 1.54) is 4.90 Å². The molecular formula is C13H19NO3. The van der Waals surface area contributed by atoms with Crippen molar-refractivity contribution in [1.82, 2.24) is 4.90 Å². The van der Waals surface area contributed by atoms with Crippen LogP contribution >= 0.6 is 0 Å². The summed E-state index contributed by atoms with van der Waals surface area (Å²) in [5.74, 6) is -0.112. The SMILES string of the molecule is CN(CC(C)(CO)CO)C(=O)c1ccccc1. The number of nitrogens with zero attached hydrogens (tertiary/aromatic N) is 1. The van der Waals surface area contributed by atoms with Crippen molar-refractivity contribution in [1.29, 1.82) is 0 Å². The largest absolute Gasteiger partial charge is 0.396 e. The van der Waals surface area contributed by atoms with Crippen LogP contribution in [0.15, 0.2) is 30.3 Å². The third-order valence-corrected chi connectivity index (χ3v) is 2.75. The molecule has 0 aliphatic carbocycles. The summed E-state index contributed by atoms with van der Waals surface area (Å²) in [6.45, 7) is 1.74. The van der Waals surface area contributed by atoms with Gasteiger partial charge in [-0.25, -0.2) is 0 Å². The van der Waals surface area contributed by atoms with Gasteiger partial charge in [-0.3, -0.25) is 4.79 Å². The predicted octanol–water partition coefficient (Wildman–Crippen LogP) is 0.749. The van der Waals surface area contributed by atoms with Gasteiger partial charge in [0, 0.05) is 24.6 Å². The van der Waals surface area contributed by atoms with Crippen LogP contribution in [0.2, 0.25) is 0 Å². The molecule has 1 aromatic rings. The minimum Gasteiger partial charge on any atom is -0.396 e. The van der Waals surface area contributed by atoms with Crippen LogP contribution in [0.1, 0.15) is 17.3 Å². The van der Waals surface area contributed by atoms with Gasteiger partial charge < -0.3 is 15.1 Å². The van der Waals surface area contributed by atoms with Crippen LogP contribution in [0, 0.1) is 5.41 Å². The summed E-state index contributed by atoms with van der Waals surface area (Å²) >= 11 is 0. The van der Waals surface area contributed by atoms with Gasteiger partial charge in [0.05, 0.1) is 13.2 Å². The average molecular weight is 237 g/mol. The Kier molecular flexibility index (Phi) is 4.66.